The van der Waals surface area contributed by atoms with Crippen molar-refractivity contribution in [1.29, 1.82) is 0 Å². The molecule has 0 bridgehead atoms. The summed E-state index contributed by atoms with van der Waals surface area (Å²) in [4.78, 5) is 12.4. The number of fused-ring (bicyclic) bond motifs is 1. The summed E-state index contributed by atoms with van der Waals surface area (Å²) in [5.74, 6) is -0.206. The Bertz CT molecular complexity index is 777. The Morgan fingerprint density at radius 3 is 2.75 bits per heavy atom. The van der Waals surface area contributed by atoms with Gasteiger partial charge in [0.15, 0.2) is 0 Å². The molecule has 3 rings (SSSR count). The Hall–Kier alpha value is -2.04. The van der Waals surface area contributed by atoms with Crippen molar-refractivity contribution in [2.24, 2.45) is 0 Å². The van der Waals surface area contributed by atoms with Gasteiger partial charge < -0.3 is 11.1 Å². The fourth-order valence-electron chi connectivity index (χ4n) is 2.01. The van der Waals surface area contributed by atoms with Gasteiger partial charge in [0.05, 0.1) is 22.0 Å². The van der Waals surface area contributed by atoms with Crippen molar-refractivity contribution in [3.63, 3.8) is 0 Å². The number of carbonyl (C=O) groups excluding carboxylic acids is 1. The number of amides is 1. The molecule has 2 aromatic carbocycles. The predicted octanol–water partition coefficient (Wildman–Crippen LogP) is 4.39. The van der Waals surface area contributed by atoms with Crippen LogP contribution in [0.15, 0.2) is 47.8 Å². The maximum absolute atomic E-state index is 12.4. The van der Waals surface area contributed by atoms with E-state index >= 15 is 0 Å². The number of benzene rings is 2. The van der Waals surface area contributed by atoms with Crippen LogP contribution in [0.25, 0.3) is 10.1 Å². The van der Waals surface area contributed by atoms with Crippen LogP contribution < -0.4 is 11.1 Å². The van der Waals surface area contributed by atoms with Gasteiger partial charge in [-0.2, -0.15) is 0 Å². The van der Waals surface area contributed by atoms with E-state index in [9.17, 15) is 4.79 Å². The quantitative estimate of drug-likeness (QED) is 0.690. The van der Waals surface area contributed by atoms with Crippen LogP contribution in [0.4, 0.5) is 11.4 Å². The van der Waals surface area contributed by atoms with Crippen LogP contribution in [0.5, 0.6) is 0 Å². The number of anilines is 2. The van der Waals surface area contributed by atoms with Crippen molar-refractivity contribution >= 4 is 50.3 Å². The largest absolute Gasteiger partial charge is 0.397 e. The number of hydrogen-bond donors (Lipinski definition) is 2. The van der Waals surface area contributed by atoms with E-state index in [1.165, 1.54) is 11.3 Å². The number of hydrogen-bond acceptors (Lipinski definition) is 3. The molecular weight excluding hydrogens is 292 g/mol. The summed E-state index contributed by atoms with van der Waals surface area (Å²) in [7, 11) is 0. The second-order valence-electron chi connectivity index (χ2n) is 4.30. The van der Waals surface area contributed by atoms with Crippen molar-refractivity contribution in [3.05, 3.63) is 58.4 Å². The molecule has 0 aliphatic rings. The zero-order valence-corrected chi connectivity index (χ0v) is 12.0. The molecule has 0 unspecified atom stereocenters. The number of halogens is 1. The average molecular weight is 303 g/mol. The monoisotopic (exact) mass is 302 g/mol. The lowest BCUT2D eigenvalue weighted by molar-refractivity contribution is 0.102. The summed E-state index contributed by atoms with van der Waals surface area (Å²) in [6.07, 6.45) is 0. The molecule has 3 nitrogen and oxygen atoms in total. The molecule has 0 spiro atoms. The number of carbonyl (C=O) groups is 1. The first-order chi connectivity index (χ1) is 9.66. The van der Waals surface area contributed by atoms with Crippen LogP contribution in [-0.2, 0) is 0 Å². The first kappa shape index (κ1) is 13.0. The lowest BCUT2D eigenvalue weighted by Gasteiger charge is -2.09. The molecule has 3 N–H and O–H groups in total. The molecule has 0 radical (unpaired) electrons. The molecule has 1 aromatic heterocycles. The van der Waals surface area contributed by atoms with Gasteiger partial charge in [0.2, 0.25) is 0 Å². The van der Waals surface area contributed by atoms with Crippen LogP contribution in [0.3, 0.4) is 0 Å². The van der Waals surface area contributed by atoms with Crippen molar-refractivity contribution < 1.29 is 4.79 Å². The summed E-state index contributed by atoms with van der Waals surface area (Å²) < 4.78 is 1.07. The zero-order valence-electron chi connectivity index (χ0n) is 10.4. The molecule has 5 heteroatoms. The first-order valence-electron chi connectivity index (χ1n) is 5.98. The topological polar surface area (TPSA) is 55.1 Å². The number of thiophene rings is 1. The van der Waals surface area contributed by atoms with Gasteiger partial charge in [-0.1, -0.05) is 35.9 Å². The minimum atomic E-state index is -0.206. The molecule has 0 saturated heterocycles. The minimum Gasteiger partial charge on any atom is -0.397 e. The van der Waals surface area contributed by atoms with Gasteiger partial charge in [-0.3, -0.25) is 4.79 Å². The average Bonchev–Trinajstić information content (AvgIpc) is 2.87. The third-order valence-electron chi connectivity index (χ3n) is 3.01. The smallest absolute Gasteiger partial charge is 0.257 e. The standard InChI is InChI=1S/C15H11ClN2OS/c16-11-5-3-6-12(17)14(11)18-15(19)10-8-20-13-7-2-1-4-9(10)13/h1-8H,17H2,(H,18,19). The third-order valence-corrected chi connectivity index (χ3v) is 4.29. The highest BCUT2D eigenvalue weighted by Gasteiger charge is 2.14. The second-order valence-corrected chi connectivity index (χ2v) is 5.62. The van der Waals surface area contributed by atoms with E-state index in [4.69, 9.17) is 17.3 Å². The Kier molecular flexibility index (Phi) is 3.34. The van der Waals surface area contributed by atoms with E-state index in [0.717, 1.165) is 10.1 Å². The van der Waals surface area contributed by atoms with Crippen LogP contribution in [0.1, 0.15) is 10.4 Å². The van der Waals surface area contributed by atoms with Gasteiger partial charge in [-0.05, 0) is 18.2 Å². The number of nitrogen functional groups attached to an aromatic ring is 1. The SMILES string of the molecule is Nc1cccc(Cl)c1NC(=O)c1csc2ccccc12. The predicted molar refractivity (Wildman–Crippen MR) is 85.6 cm³/mol. The Morgan fingerprint density at radius 1 is 1.15 bits per heavy atom. The molecular formula is C15H11ClN2OS. The van der Waals surface area contributed by atoms with E-state index < -0.39 is 0 Å². The molecule has 1 amide bonds. The van der Waals surface area contributed by atoms with Crippen LogP contribution in [-0.4, -0.2) is 5.91 Å². The molecule has 0 aliphatic carbocycles. The van der Waals surface area contributed by atoms with E-state index in [2.05, 4.69) is 5.32 Å². The lowest BCUT2D eigenvalue weighted by Crippen LogP contribution is -2.13. The highest BCUT2D eigenvalue weighted by atomic mass is 35.5. The van der Waals surface area contributed by atoms with Gasteiger partial charge in [-0.25, -0.2) is 0 Å². The summed E-state index contributed by atoms with van der Waals surface area (Å²) in [5.41, 5.74) is 7.37. The van der Waals surface area contributed by atoms with Gasteiger partial charge >= 0.3 is 0 Å². The number of nitrogens with one attached hydrogen (secondary N) is 1. The zero-order chi connectivity index (χ0) is 14.1. The Balaban J connectivity index is 1.98. The number of rotatable bonds is 2. The van der Waals surface area contributed by atoms with Gasteiger partial charge in [-0.15, -0.1) is 11.3 Å². The van der Waals surface area contributed by atoms with Crippen LogP contribution >= 0.6 is 22.9 Å². The molecule has 1 heterocycles. The highest BCUT2D eigenvalue weighted by molar-refractivity contribution is 7.17. The van der Waals surface area contributed by atoms with Gasteiger partial charge in [0.25, 0.3) is 5.91 Å². The first-order valence-corrected chi connectivity index (χ1v) is 7.24. The summed E-state index contributed by atoms with van der Waals surface area (Å²) in [5, 5.41) is 5.98. The lowest BCUT2D eigenvalue weighted by atomic mass is 10.1. The fourth-order valence-corrected chi connectivity index (χ4v) is 3.18. The highest BCUT2D eigenvalue weighted by Crippen LogP contribution is 2.30. The fraction of sp³-hybridized carbons (Fsp3) is 0. The number of para-hydroxylation sites is 1. The second kappa shape index (κ2) is 5.15. The van der Waals surface area contributed by atoms with Crippen LogP contribution in [0.2, 0.25) is 5.02 Å². The third kappa shape index (κ3) is 2.24. The molecule has 3 aromatic rings. The summed E-state index contributed by atoms with van der Waals surface area (Å²) in [6, 6.07) is 12.9. The van der Waals surface area contributed by atoms with Crippen molar-refractivity contribution in [2.45, 2.75) is 0 Å². The minimum absolute atomic E-state index is 0.206. The Morgan fingerprint density at radius 2 is 1.95 bits per heavy atom. The van der Waals surface area contributed by atoms with E-state index in [0.29, 0.717) is 22.0 Å². The maximum Gasteiger partial charge on any atom is 0.257 e. The molecule has 20 heavy (non-hydrogen) atoms. The van der Waals surface area contributed by atoms with Crippen LogP contribution in [0, 0.1) is 0 Å². The van der Waals surface area contributed by atoms with E-state index in [-0.39, 0.29) is 5.91 Å². The number of nitrogens with two attached hydrogens (primary N) is 1. The van der Waals surface area contributed by atoms with E-state index in [1.807, 2.05) is 29.6 Å². The van der Waals surface area contributed by atoms with Gasteiger partial charge in [0.1, 0.15) is 0 Å². The molecule has 100 valence electrons. The molecule has 0 aliphatic heterocycles. The normalized spacial score (nSPS) is 10.7. The summed E-state index contributed by atoms with van der Waals surface area (Å²) in [6.45, 7) is 0. The molecule has 0 saturated carbocycles. The molecule has 0 fully saturated rings. The molecule has 0 atom stereocenters. The van der Waals surface area contributed by atoms with Crippen molar-refractivity contribution in [2.75, 3.05) is 11.1 Å². The van der Waals surface area contributed by atoms with E-state index in [1.54, 1.807) is 18.2 Å². The van der Waals surface area contributed by atoms with Gasteiger partial charge in [0, 0.05) is 15.5 Å². The Labute approximate surface area is 125 Å². The van der Waals surface area contributed by atoms with Crippen molar-refractivity contribution in [3.8, 4) is 0 Å². The summed E-state index contributed by atoms with van der Waals surface area (Å²) >= 11 is 7.60. The maximum atomic E-state index is 12.4. The van der Waals surface area contributed by atoms with Crippen molar-refractivity contribution in [1.82, 2.24) is 0 Å².